The molecule has 6 heteroatoms. The van der Waals surface area contributed by atoms with Crippen molar-refractivity contribution in [3.05, 3.63) is 28.2 Å². The number of anilines is 1. The first-order valence-corrected chi connectivity index (χ1v) is 9.51. The Morgan fingerprint density at radius 1 is 1.40 bits per heavy atom. The molecular formula is C14H23BrN2O2S. The van der Waals surface area contributed by atoms with Crippen molar-refractivity contribution in [3.63, 3.8) is 0 Å². The molecule has 0 saturated heterocycles. The van der Waals surface area contributed by atoms with Crippen LogP contribution >= 0.6 is 15.9 Å². The van der Waals surface area contributed by atoms with Gasteiger partial charge in [0.15, 0.2) is 0 Å². The van der Waals surface area contributed by atoms with Crippen LogP contribution in [0.15, 0.2) is 22.7 Å². The normalized spacial score (nSPS) is 13.2. The molecule has 0 aliphatic heterocycles. The zero-order valence-electron chi connectivity index (χ0n) is 12.5. The molecule has 1 rings (SSSR count). The van der Waals surface area contributed by atoms with Crippen LogP contribution in [0.25, 0.3) is 0 Å². The van der Waals surface area contributed by atoms with Crippen molar-refractivity contribution in [2.45, 2.75) is 19.9 Å². The monoisotopic (exact) mass is 362 g/mol. The van der Waals surface area contributed by atoms with E-state index in [4.69, 9.17) is 0 Å². The van der Waals surface area contributed by atoms with E-state index in [0.717, 1.165) is 16.7 Å². The van der Waals surface area contributed by atoms with Gasteiger partial charge in [-0.1, -0.05) is 28.9 Å². The van der Waals surface area contributed by atoms with Crippen molar-refractivity contribution in [1.82, 2.24) is 5.32 Å². The van der Waals surface area contributed by atoms with E-state index in [1.165, 1.54) is 11.8 Å². The third kappa shape index (κ3) is 5.42. The van der Waals surface area contributed by atoms with Gasteiger partial charge in [0.2, 0.25) is 0 Å². The van der Waals surface area contributed by atoms with Gasteiger partial charge in [-0.25, -0.2) is 8.42 Å². The highest BCUT2D eigenvalue weighted by Gasteiger charge is 2.11. The lowest BCUT2D eigenvalue weighted by atomic mass is 10.1. The number of benzene rings is 1. The van der Waals surface area contributed by atoms with Crippen molar-refractivity contribution in [2.75, 3.05) is 37.0 Å². The SMILES string of the molecule is CCNC(C)c1ccc(N(C)CCS(C)(=O)=O)cc1Br. The van der Waals surface area contributed by atoms with Crippen molar-refractivity contribution in [3.8, 4) is 0 Å². The van der Waals surface area contributed by atoms with Crippen LogP contribution in [0.5, 0.6) is 0 Å². The number of nitrogens with one attached hydrogen (secondary N) is 1. The van der Waals surface area contributed by atoms with Gasteiger partial charge < -0.3 is 10.2 Å². The Bertz CT molecular complexity index is 546. The van der Waals surface area contributed by atoms with Crippen molar-refractivity contribution in [1.29, 1.82) is 0 Å². The van der Waals surface area contributed by atoms with E-state index >= 15 is 0 Å². The number of hydrogen-bond donors (Lipinski definition) is 1. The average Bonchev–Trinajstić information content (AvgIpc) is 2.35. The number of nitrogens with zero attached hydrogens (tertiary/aromatic N) is 1. The summed E-state index contributed by atoms with van der Waals surface area (Å²) in [5.74, 6) is 0.163. The minimum Gasteiger partial charge on any atom is -0.374 e. The number of sulfone groups is 1. The summed E-state index contributed by atoms with van der Waals surface area (Å²) in [4.78, 5) is 1.95. The standard InChI is InChI=1S/C14H23BrN2O2S/c1-5-16-11(2)13-7-6-12(10-14(13)15)17(3)8-9-20(4,18)19/h6-7,10-11,16H,5,8-9H2,1-4H3. The van der Waals surface area contributed by atoms with Gasteiger partial charge in [-0.2, -0.15) is 0 Å². The van der Waals surface area contributed by atoms with Crippen LogP contribution in [0.3, 0.4) is 0 Å². The summed E-state index contributed by atoms with van der Waals surface area (Å²) in [6.45, 7) is 5.62. The fraction of sp³-hybridized carbons (Fsp3) is 0.571. The summed E-state index contributed by atoms with van der Waals surface area (Å²) in [6, 6.07) is 6.41. The molecule has 4 nitrogen and oxygen atoms in total. The lowest BCUT2D eigenvalue weighted by Gasteiger charge is -2.21. The predicted octanol–water partition coefficient (Wildman–Crippen LogP) is 2.60. The van der Waals surface area contributed by atoms with Crippen LogP contribution < -0.4 is 10.2 Å². The molecule has 1 unspecified atom stereocenters. The molecule has 1 aromatic carbocycles. The minimum absolute atomic E-state index is 0.163. The third-order valence-electron chi connectivity index (χ3n) is 3.20. The van der Waals surface area contributed by atoms with E-state index in [2.05, 4.69) is 41.2 Å². The minimum atomic E-state index is -2.93. The van der Waals surface area contributed by atoms with E-state index in [9.17, 15) is 8.42 Å². The summed E-state index contributed by atoms with van der Waals surface area (Å²) < 4.78 is 23.4. The highest BCUT2D eigenvalue weighted by Crippen LogP contribution is 2.27. The van der Waals surface area contributed by atoms with Crippen LogP contribution in [-0.2, 0) is 9.84 Å². The molecule has 1 aromatic rings. The summed E-state index contributed by atoms with van der Waals surface area (Å²) >= 11 is 3.59. The van der Waals surface area contributed by atoms with Crippen LogP contribution in [0.1, 0.15) is 25.5 Å². The maximum Gasteiger partial charge on any atom is 0.149 e. The zero-order valence-corrected chi connectivity index (χ0v) is 14.9. The largest absolute Gasteiger partial charge is 0.374 e. The Labute approximate surface area is 130 Å². The Kier molecular flexibility index (Phi) is 6.48. The van der Waals surface area contributed by atoms with Crippen LogP contribution in [0, 0.1) is 0 Å². The lowest BCUT2D eigenvalue weighted by molar-refractivity contribution is 0.596. The van der Waals surface area contributed by atoms with Crippen molar-refractivity contribution < 1.29 is 8.42 Å². The molecule has 0 radical (unpaired) electrons. The molecule has 0 aromatic heterocycles. The maximum atomic E-state index is 11.2. The number of hydrogen-bond acceptors (Lipinski definition) is 4. The average molecular weight is 363 g/mol. The third-order valence-corrected chi connectivity index (χ3v) is 4.81. The lowest BCUT2D eigenvalue weighted by Crippen LogP contribution is -2.25. The maximum absolute atomic E-state index is 11.2. The van der Waals surface area contributed by atoms with E-state index in [1.807, 2.05) is 24.1 Å². The highest BCUT2D eigenvalue weighted by molar-refractivity contribution is 9.10. The van der Waals surface area contributed by atoms with Crippen molar-refractivity contribution >= 4 is 31.5 Å². The first-order valence-electron chi connectivity index (χ1n) is 6.66. The van der Waals surface area contributed by atoms with Crippen molar-refractivity contribution in [2.24, 2.45) is 0 Å². The molecule has 20 heavy (non-hydrogen) atoms. The summed E-state index contributed by atoms with van der Waals surface area (Å²) in [5.41, 5.74) is 2.21. The molecule has 0 fully saturated rings. The second-order valence-corrected chi connectivity index (χ2v) is 8.15. The highest BCUT2D eigenvalue weighted by atomic mass is 79.9. The van der Waals surface area contributed by atoms with E-state index in [1.54, 1.807) is 0 Å². The molecule has 0 aliphatic rings. The van der Waals surface area contributed by atoms with Gasteiger partial charge in [0.25, 0.3) is 0 Å². The Morgan fingerprint density at radius 2 is 2.05 bits per heavy atom. The van der Waals surface area contributed by atoms with Gasteiger partial charge in [-0.3, -0.25) is 0 Å². The Balaban J connectivity index is 2.81. The smallest absolute Gasteiger partial charge is 0.149 e. The first-order chi connectivity index (χ1) is 9.24. The van der Waals surface area contributed by atoms with Crippen LogP contribution in [0.2, 0.25) is 0 Å². The molecule has 0 bridgehead atoms. The first kappa shape index (κ1) is 17.5. The van der Waals surface area contributed by atoms with Gasteiger partial charge in [-0.15, -0.1) is 0 Å². The Hall–Kier alpha value is -0.590. The molecule has 1 atom stereocenters. The van der Waals surface area contributed by atoms with E-state index in [0.29, 0.717) is 6.54 Å². The fourth-order valence-electron chi connectivity index (χ4n) is 1.95. The quantitative estimate of drug-likeness (QED) is 0.809. The second kappa shape index (κ2) is 7.43. The van der Waals surface area contributed by atoms with Gasteiger partial charge in [-0.05, 0) is 31.2 Å². The number of rotatable bonds is 7. The van der Waals surface area contributed by atoms with Crippen LogP contribution in [-0.4, -0.2) is 40.6 Å². The van der Waals surface area contributed by atoms with Crippen LogP contribution in [0.4, 0.5) is 5.69 Å². The predicted molar refractivity (Wildman–Crippen MR) is 89.2 cm³/mol. The molecule has 0 saturated carbocycles. The Morgan fingerprint density at radius 3 is 2.55 bits per heavy atom. The molecular weight excluding hydrogens is 340 g/mol. The van der Waals surface area contributed by atoms with E-state index in [-0.39, 0.29) is 11.8 Å². The molecule has 114 valence electrons. The number of halogens is 1. The van der Waals surface area contributed by atoms with Gasteiger partial charge >= 0.3 is 0 Å². The molecule has 0 aliphatic carbocycles. The molecule has 0 spiro atoms. The summed E-state index contributed by atoms with van der Waals surface area (Å²) in [6.07, 6.45) is 1.26. The summed E-state index contributed by atoms with van der Waals surface area (Å²) in [7, 11) is -1.03. The molecule has 0 amide bonds. The van der Waals surface area contributed by atoms with Gasteiger partial charge in [0.05, 0.1) is 5.75 Å². The molecule has 1 N–H and O–H groups in total. The van der Waals surface area contributed by atoms with Gasteiger partial charge in [0, 0.05) is 36.1 Å². The topological polar surface area (TPSA) is 49.4 Å². The fourth-order valence-corrected chi connectivity index (χ4v) is 3.27. The molecule has 0 heterocycles. The summed E-state index contributed by atoms with van der Waals surface area (Å²) in [5, 5.41) is 3.37. The van der Waals surface area contributed by atoms with Gasteiger partial charge in [0.1, 0.15) is 9.84 Å². The second-order valence-electron chi connectivity index (χ2n) is 5.04. The van der Waals surface area contributed by atoms with E-state index < -0.39 is 9.84 Å². The zero-order chi connectivity index (χ0) is 15.3.